The smallest absolute Gasteiger partial charge is 0.305 e. The van der Waals surface area contributed by atoms with Crippen LogP contribution in [0.1, 0.15) is 136 Å². The van der Waals surface area contributed by atoms with E-state index >= 15 is 0 Å². The summed E-state index contributed by atoms with van der Waals surface area (Å²) in [6, 6.07) is 2.66. The molecule has 196 valence electrons. The summed E-state index contributed by atoms with van der Waals surface area (Å²) in [6.07, 6.45) is 26.2. The minimum atomic E-state index is -0.128. The average Bonchev–Trinajstić information content (AvgIpc) is 2.89. The van der Waals surface area contributed by atoms with Gasteiger partial charge in [-0.25, -0.2) is 0 Å². The van der Waals surface area contributed by atoms with Gasteiger partial charge in [0, 0.05) is 24.5 Å². The molecule has 4 saturated carbocycles. The highest BCUT2D eigenvalue weighted by atomic mass is 16.6. The van der Waals surface area contributed by atoms with Gasteiger partial charge >= 0.3 is 5.97 Å². The maximum absolute atomic E-state index is 11.5. The summed E-state index contributed by atoms with van der Waals surface area (Å²) < 4.78 is 11.5. The van der Waals surface area contributed by atoms with Crippen LogP contribution in [0.25, 0.3) is 0 Å². The van der Waals surface area contributed by atoms with Crippen molar-refractivity contribution >= 4 is 5.97 Å². The Morgan fingerprint density at radius 3 is 1.68 bits per heavy atom. The van der Waals surface area contributed by atoms with E-state index in [1.165, 1.54) is 116 Å². The first-order chi connectivity index (χ1) is 16.6. The lowest BCUT2D eigenvalue weighted by Crippen LogP contribution is -2.52. The molecule has 0 N–H and O–H groups in total. The molecule has 4 heteroatoms. The van der Waals surface area contributed by atoms with Crippen LogP contribution in [0.3, 0.4) is 0 Å². The van der Waals surface area contributed by atoms with Crippen molar-refractivity contribution in [3.05, 3.63) is 0 Å². The van der Waals surface area contributed by atoms with Gasteiger partial charge in [0.1, 0.15) is 6.10 Å². The van der Waals surface area contributed by atoms with Crippen LogP contribution in [0.5, 0.6) is 0 Å². The summed E-state index contributed by atoms with van der Waals surface area (Å²) in [7, 11) is 0. The monoisotopic (exact) mass is 475 g/mol. The minimum absolute atomic E-state index is 0.124. The Balaban J connectivity index is 1.20. The highest BCUT2D eigenvalue weighted by Crippen LogP contribution is 2.42. The van der Waals surface area contributed by atoms with E-state index in [-0.39, 0.29) is 12.1 Å². The normalized spacial score (nSPS) is 33.0. The number of carbonyl (C=O) groups excluding carboxylic acids is 1. The SMILES string of the molecule is CCC(=O)OC(C)COC1CCC(C2CCC(N(C3CCCCC3)C3CCCCC3)CC2)CC1. The van der Waals surface area contributed by atoms with E-state index in [1.54, 1.807) is 0 Å². The van der Waals surface area contributed by atoms with Gasteiger partial charge in [-0.05, 0) is 95.8 Å². The predicted octanol–water partition coefficient (Wildman–Crippen LogP) is 7.43. The van der Waals surface area contributed by atoms with E-state index in [0.717, 1.165) is 30.0 Å². The largest absolute Gasteiger partial charge is 0.460 e. The number of esters is 1. The molecule has 0 amide bonds. The molecule has 0 bridgehead atoms. The summed E-state index contributed by atoms with van der Waals surface area (Å²) in [5.41, 5.74) is 0. The van der Waals surface area contributed by atoms with E-state index in [0.29, 0.717) is 19.1 Å². The highest BCUT2D eigenvalue weighted by Gasteiger charge is 2.38. The summed E-state index contributed by atoms with van der Waals surface area (Å²) >= 11 is 0. The van der Waals surface area contributed by atoms with E-state index in [9.17, 15) is 4.79 Å². The number of carbonyl (C=O) groups is 1. The summed E-state index contributed by atoms with van der Waals surface area (Å²) in [4.78, 5) is 14.6. The molecular weight excluding hydrogens is 422 g/mol. The third kappa shape index (κ3) is 7.45. The Kier molecular flexibility index (Phi) is 10.6. The van der Waals surface area contributed by atoms with Crippen LogP contribution in [0.15, 0.2) is 0 Å². The lowest BCUT2D eigenvalue weighted by molar-refractivity contribution is -0.152. The van der Waals surface area contributed by atoms with E-state index in [4.69, 9.17) is 9.47 Å². The molecule has 0 aliphatic heterocycles. The van der Waals surface area contributed by atoms with Crippen LogP contribution in [-0.2, 0) is 14.3 Å². The fourth-order valence-electron chi connectivity index (χ4n) is 7.86. The average molecular weight is 476 g/mol. The van der Waals surface area contributed by atoms with Gasteiger partial charge in [0.2, 0.25) is 0 Å². The Labute approximate surface area is 209 Å². The fourth-order valence-corrected chi connectivity index (χ4v) is 7.86. The lowest BCUT2D eigenvalue weighted by atomic mass is 9.71. The van der Waals surface area contributed by atoms with Crippen LogP contribution in [0.4, 0.5) is 0 Å². The van der Waals surface area contributed by atoms with Crippen molar-refractivity contribution in [1.82, 2.24) is 4.90 Å². The van der Waals surface area contributed by atoms with Crippen LogP contribution < -0.4 is 0 Å². The van der Waals surface area contributed by atoms with Crippen LogP contribution in [0.2, 0.25) is 0 Å². The fraction of sp³-hybridized carbons (Fsp3) is 0.967. The molecular formula is C30H53NO3. The van der Waals surface area contributed by atoms with Gasteiger partial charge in [-0.3, -0.25) is 9.69 Å². The second-order valence-corrected chi connectivity index (χ2v) is 12.1. The molecule has 0 heterocycles. The van der Waals surface area contributed by atoms with Crippen molar-refractivity contribution in [3.8, 4) is 0 Å². The maximum Gasteiger partial charge on any atom is 0.305 e. The zero-order valence-electron chi connectivity index (χ0n) is 22.4. The zero-order valence-corrected chi connectivity index (χ0v) is 22.4. The Morgan fingerprint density at radius 1 is 0.706 bits per heavy atom. The van der Waals surface area contributed by atoms with Crippen molar-refractivity contribution in [2.24, 2.45) is 11.8 Å². The first-order valence-electron chi connectivity index (χ1n) is 15.2. The van der Waals surface area contributed by atoms with Gasteiger partial charge in [0.15, 0.2) is 0 Å². The molecule has 0 saturated heterocycles. The van der Waals surface area contributed by atoms with Gasteiger partial charge in [-0.2, -0.15) is 0 Å². The van der Waals surface area contributed by atoms with Crippen molar-refractivity contribution < 1.29 is 14.3 Å². The Bertz CT molecular complexity index is 564. The molecule has 0 spiro atoms. The number of ether oxygens (including phenoxy) is 2. The van der Waals surface area contributed by atoms with Gasteiger partial charge in [0.05, 0.1) is 12.7 Å². The molecule has 0 radical (unpaired) electrons. The third-order valence-corrected chi connectivity index (χ3v) is 9.73. The van der Waals surface area contributed by atoms with E-state index in [2.05, 4.69) is 4.90 Å². The van der Waals surface area contributed by atoms with Crippen molar-refractivity contribution in [2.45, 2.75) is 166 Å². The minimum Gasteiger partial charge on any atom is -0.460 e. The van der Waals surface area contributed by atoms with Crippen molar-refractivity contribution in [1.29, 1.82) is 0 Å². The van der Waals surface area contributed by atoms with Gasteiger partial charge in [-0.1, -0.05) is 45.4 Å². The summed E-state index contributed by atoms with van der Waals surface area (Å²) in [5, 5.41) is 0. The van der Waals surface area contributed by atoms with Crippen molar-refractivity contribution in [3.63, 3.8) is 0 Å². The van der Waals surface area contributed by atoms with Gasteiger partial charge < -0.3 is 9.47 Å². The second kappa shape index (κ2) is 13.6. The first kappa shape index (κ1) is 26.5. The number of rotatable bonds is 9. The molecule has 4 aliphatic rings. The first-order valence-corrected chi connectivity index (χ1v) is 15.2. The van der Waals surface area contributed by atoms with Crippen LogP contribution >= 0.6 is 0 Å². The number of hydrogen-bond acceptors (Lipinski definition) is 4. The van der Waals surface area contributed by atoms with E-state index in [1.807, 2.05) is 13.8 Å². The molecule has 4 nitrogen and oxygen atoms in total. The molecule has 0 aromatic carbocycles. The van der Waals surface area contributed by atoms with E-state index < -0.39 is 0 Å². The van der Waals surface area contributed by atoms with Gasteiger partial charge in [-0.15, -0.1) is 0 Å². The van der Waals surface area contributed by atoms with Crippen LogP contribution in [0, 0.1) is 11.8 Å². The van der Waals surface area contributed by atoms with Crippen LogP contribution in [-0.4, -0.2) is 47.8 Å². The Hall–Kier alpha value is -0.610. The number of hydrogen-bond donors (Lipinski definition) is 0. The predicted molar refractivity (Wildman–Crippen MR) is 139 cm³/mol. The molecule has 1 unspecified atom stereocenters. The summed E-state index contributed by atoms with van der Waals surface area (Å²) in [5.74, 6) is 1.73. The third-order valence-electron chi connectivity index (χ3n) is 9.73. The lowest BCUT2D eigenvalue weighted by Gasteiger charge is -2.49. The maximum atomic E-state index is 11.5. The topological polar surface area (TPSA) is 38.8 Å². The molecule has 1 atom stereocenters. The van der Waals surface area contributed by atoms with Crippen molar-refractivity contribution in [2.75, 3.05) is 6.61 Å². The molecule has 4 rings (SSSR count). The Morgan fingerprint density at radius 2 is 1.18 bits per heavy atom. The summed E-state index contributed by atoms with van der Waals surface area (Å²) in [6.45, 7) is 4.33. The molecule has 4 fully saturated rings. The van der Waals surface area contributed by atoms with Gasteiger partial charge in [0.25, 0.3) is 0 Å². The molecule has 0 aromatic rings. The zero-order chi connectivity index (χ0) is 23.8. The highest BCUT2D eigenvalue weighted by molar-refractivity contribution is 5.69. The number of nitrogens with zero attached hydrogens (tertiary/aromatic N) is 1. The molecule has 0 aromatic heterocycles. The molecule has 4 aliphatic carbocycles. The quantitative estimate of drug-likeness (QED) is 0.325. The molecule has 34 heavy (non-hydrogen) atoms. The second-order valence-electron chi connectivity index (χ2n) is 12.1. The standard InChI is InChI=1S/C30H53NO3/c1-3-30(32)34-23(2)22-33-29-20-16-25(17-21-29)24-14-18-28(19-15-24)31(26-10-6-4-7-11-26)27-12-8-5-9-13-27/h23-29H,3-22H2,1-2H3.